The molecule has 0 aromatic carbocycles. The monoisotopic (exact) mass is 178 g/mol. The van der Waals surface area contributed by atoms with Gasteiger partial charge in [-0.25, -0.2) is 4.39 Å². The number of aromatic amines is 1. The highest BCUT2D eigenvalue weighted by atomic mass is 19.3. The summed E-state index contributed by atoms with van der Waals surface area (Å²) in [5.74, 6) is 0. The zero-order valence-electron chi connectivity index (χ0n) is 6.44. The Hall–Kier alpha value is -0.970. The smallest absolute Gasteiger partial charge is 0.339 e. The lowest BCUT2D eigenvalue weighted by molar-refractivity contribution is -0.130. The molecule has 68 valence electrons. The largest absolute Gasteiger partial charge is 0.362 e. The molecule has 0 amide bonds. The molecule has 1 heterocycles. The number of hydrogen-bond donors (Lipinski definition) is 2. The molecular weight excluding hydrogens is 169 g/mol. The van der Waals surface area contributed by atoms with E-state index in [1.54, 1.807) is 0 Å². The van der Waals surface area contributed by atoms with Gasteiger partial charge in [0.05, 0.1) is 5.69 Å². The average Bonchev–Trinajstić information content (AvgIpc) is 2.34. The molecule has 1 rings (SSSR count). The molecule has 0 bridgehead atoms. The molecule has 0 spiro atoms. The van der Waals surface area contributed by atoms with Crippen LogP contribution in [-0.2, 0) is 5.67 Å². The average molecular weight is 178 g/mol. The Morgan fingerprint density at radius 1 is 1.42 bits per heavy atom. The van der Waals surface area contributed by atoms with Crippen LogP contribution >= 0.6 is 0 Å². The van der Waals surface area contributed by atoms with Gasteiger partial charge in [0.2, 0.25) is 5.67 Å². The summed E-state index contributed by atoms with van der Waals surface area (Å²) < 4.78 is 38.1. The van der Waals surface area contributed by atoms with Gasteiger partial charge in [0.25, 0.3) is 0 Å². The molecule has 0 radical (unpaired) electrons. The minimum absolute atomic E-state index is 0.227. The standard InChI is InChI=1S/C7H9F3N2/c1-6(8,7(9,10)11)5-3-2-4-12-5/h2-4,12H,11H2,1H3. The second kappa shape index (κ2) is 2.52. The van der Waals surface area contributed by atoms with E-state index in [0.717, 1.165) is 6.92 Å². The van der Waals surface area contributed by atoms with E-state index in [1.165, 1.54) is 18.3 Å². The maximum absolute atomic E-state index is 13.3. The number of rotatable bonds is 2. The first kappa shape index (κ1) is 9.12. The second-order valence-electron chi connectivity index (χ2n) is 2.71. The van der Waals surface area contributed by atoms with Gasteiger partial charge in [-0.1, -0.05) is 0 Å². The molecule has 0 saturated carbocycles. The molecule has 1 unspecified atom stereocenters. The fraction of sp³-hybridized carbons (Fsp3) is 0.429. The Kier molecular flexibility index (Phi) is 1.91. The summed E-state index contributed by atoms with van der Waals surface area (Å²) in [6.07, 6.45) is 1.36. The molecule has 12 heavy (non-hydrogen) atoms. The zero-order valence-corrected chi connectivity index (χ0v) is 6.44. The summed E-state index contributed by atoms with van der Waals surface area (Å²) in [4.78, 5) is 2.35. The van der Waals surface area contributed by atoms with E-state index in [2.05, 4.69) is 10.7 Å². The Bertz CT molecular complexity index is 248. The van der Waals surface area contributed by atoms with Crippen molar-refractivity contribution in [1.82, 2.24) is 4.98 Å². The topological polar surface area (TPSA) is 41.8 Å². The molecule has 3 N–H and O–H groups in total. The number of aromatic nitrogens is 1. The first-order valence-electron chi connectivity index (χ1n) is 3.35. The molecular formula is C7H9F3N2. The van der Waals surface area contributed by atoms with Crippen LogP contribution in [0.5, 0.6) is 0 Å². The Labute approximate surface area is 67.6 Å². The maximum Gasteiger partial charge on any atom is 0.339 e. The summed E-state index contributed by atoms with van der Waals surface area (Å²) in [5.41, 5.74) is 1.30. The van der Waals surface area contributed by atoms with E-state index in [0.29, 0.717) is 0 Å². The van der Waals surface area contributed by atoms with Crippen LogP contribution in [0.4, 0.5) is 13.2 Å². The number of halogens is 3. The quantitative estimate of drug-likeness (QED) is 0.665. The predicted octanol–water partition coefficient (Wildman–Crippen LogP) is 1.75. The third-order valence-electron chi connectivity index (χ3n) is 1.73. The van der Waals surface area contributed by atoms with Crippen LogP contribution in [0.15, 0.2) is 18.3 Å². The third kappa shape index (κ3) is 1.32. The van der Waals surface area contributed by atoms with Crippen LogP contribution in [0.2, 0.25) is 0 Å². The highest BCUT2D eigenvalue weighted by molar-refractivity contribution is 5.15. The van der Waals surface area contributed by atoms with E-state index in [9.17, 15) is 13.2 Å². The van der Waals surface area contributed by atoms with Gasteiger partial charge in [-0.15, -0.1) is 0 Å². The molecule has 0 aliphatic rings. The lowest BCUT2D eigenvalue weighted by atomic mass is 10.0. The third-order valence-corrected chi connectivity index (χ3v) is 1.73. The molecule has 1 aromatic rings. The van der Waals surface area contributed by atoms with Gasteiger partial charge < -0.3 is 4.98 Å². The Morgan fingerprint density at radius 3 is 2.33 bits per heavy atom. The molecule has 5 heteroatoms. The zero-order chi connectivity index (χ0) is 9.41. The van der Waals surface area contributed by atoms with E-state index in [4.69, 9.17) is 0 Å². The number of alkyl halides is 3. The number of hydrogen-bond acceptors (Lipinski definition) is 1. The first-order valence-corrected chi connectivity index (χ1v) is 3.35. The van der Waals surface area contributed by atoms with Crippen molar-refractivity contribution >= 4 is 0 Å². The van der Waals surface area contributed by atoms with Gasteiger partial charge in [0.1, 0.15) is 0 Å². The summed E-state index contributed by atoms with van der Waals surface area (Å²) in [6, 6.07) is -1.22. The number of H-pyrrole nitrogens is 1. The van der Waals surface area contributed by atoms with Crippen molar-refractivity contribution in [1.29, 1.82) is 0 Å². The van der Waals surface area contributed by atoms with Gasteiger partial charge in [-0.2, -0.15) is 8.78 Å². The SMILES string of the molecule is CC(F)(c1ccc[nH]1)C(N)(F)F. The Balaban J connectivity index is 3.02. The minimum atomic E-state index is -3.88. The molecule has 0 saturated heterocycles. The van der Waals surface area contributed by atoms with Crippen LogP contribution < -0.4 is 5.73 Å². The summed E-state index contributed by atoms with van der Waals surface area (Å²) in [7, 11) is 0. The van der Waals surface area contributed by atoms with Gasteiger partial charge in [0.15, 0.2) is 0 Å². The van der Waals surface area contributed by atoms with Crippen LogP contribution in [0.1, 0.15) is 12.6 Å². The normalized spacial score (nSPS) is 17.4. The van der Waals surface area contributed by atoms with Gasteiger partial charge >= 0.3 is 6.05 Å². The van der Waals surface area contributed by atoms with Crippen LogP contribution in [0.3, 0.4) is 0 Å². The summed E-state index contributed by atoms with van der Waals surface area (Å²) >= 11 is 0. The second-order valence-corrected chi connectivity index (χ2v) is 2.71. The van der Waals surface area contributed by atoms with E-state index >= 15 is 0 Å². The lowest BCUT2D eigenvalue weighted by Crippen LogP contribution is -2.47. The fourth-order valence-corrected chi connectivity index (χ4v) is 0.802. The maximum atomic E-state index is 13.3. The van der Waals surface area contributed by atoms with Crippen LogP contribution in [0, 0.1) is 0 Å². The van der Waals surface area contributed by atoms with Crippen LogP contribution in [0.25, 0.3) is 0 Å². The van der Waals surface area contributed by atoms with Crippen molar-refractivity contribution in [3.8, 4) is 0 Å². The van der Waals surface area contributed by atoms with Gasteiger partial charge in [0, 0.05) is 6.20 Å². The van der Waals surface area contributed by atoms with Gasteiger partial charge in [-0.05, 0) is 19.1 Å². The van der Waals surface area contributed by atoms with Crippen molar-refractivity contribution in [2.45, 2.75) is 18.6 Å². The molecule has 0 fully saturated rings. The van der Waals surface area contributed by atoms with E-state index in [1.807, 2.05) is 0 Å². The van der Waals surface area contributed by atoms with E-state index in [-0.39, 0.29) is 5.69 Å². The first-order chi connectivity index (χ1) is 5.36. The van der Waals surface area contributed by atoms with Crippen molar-refractivity contribution in [2.75, 3.05) is 0 Å². The van der Waals surface area contributed by atoms with Crippen LogP contribution in [-0.4, -0.2) is 11.0 Å². The minimum Gasteiger partial charge on any atom is -0.362 e. The molecule has 0 aliphatic carbocycles. The molecule has 1 atom stereocenters. The van der Waals surface area contributed by atoms with Crippen molar-refractivity contribution in [3.63, 3.8) is 0 Å². The number of nitrogens with two attached hydrogens (primary N) is 1. The van der Waals surface area contributed by atoms with Crippen molar-refractivity contribution in [3.05, 3.63) is 24.0 Å². The summed E-state index contributed by atoms with van der Waals surface area (Å²) in [5, 5.41) is 0. The number of nitrogens with one attached hydrogen (secondary N) is 1. The highest BCUT2D eigenvalue weighted by Crippen LogP contribution is 2.36. The van der Waals surface area contributed by atoms with Crippen molar-refractivity contribution in [2.24, 2.45) is 5.73 Å². The fourth-order valence-electron chi connectivity index (χ4n) is 0.802. The summed E-state index contributed by atoms with van der Waals surface area (Å²) in [6.45, 7) is 0.735. The predicted molar refractivity (Wildman–Crippen MR) is 38.4 cm³/mol. The Morgan fingerprint density at radius 2 is 2.00 bits per heavy atom. The lowest BCUT2D eigenvalue weighted by Gasteiger charge is -2.25. The van der Waals surface area contributed by atoms with Crippen molar-refractivity contribution < 1.29 is 13.2 Å². The molecule has 0 aliphatic heterocycles. The molecule has 1 aromatic heterocycles. The molecule has 2 nitrogen and oxygen atoms in total. The van der Waals surface area contributed by atoms with Gasteiger partial charge in [-0.3, -0.25) is 5.73 Å². The van der Waals surface area contributed by atoms with E-state index < -0.39 is 11.7 Å². The highest BCUT2D eigenvalue weighted by Gasteiger charge is 2.50.